The number of hydrogen-bond donors (Lipinski definition) is 1. The van der Waals surface area contributed by atoms with Gasteiger partial charge in [0, 0.05) is 42.3 Å². The van der Waals surface area contributed by atoms with E-state index in [0.717, 1.165) is 30.3 Å². The summed E-state index contributed by atoms with van der Waals surface area (Å²) in [7, 11) is 0. The molecule has 112 valence electrons. The van der Waals surface area contributed by atoms with E-state index in [1.165, 1.54) is 43.5 Å². The number of rotatable bonds is 5. The number of aromatic nitrogens is 2. The zero-order valence-corrected chi connectivity index (χ0v) is 13.2. The Balaban J connectivity index is 1.48. The Bertz CT molecular complexity index is 530. The molecule has 4 heteroatoms. The summed E-state index contributed by atoms with van der Waals surface area (Å²) >= 11 is 1.76. The molecule has 0 aromatic carbocycles. The molecule has 1 aliphatic rings. The van der Waals surface area contributed by atoms with Crippen LogP contribution >= 0.6 is 11.3 Å². The van der Waals surface area contributed by atoms with Gasteiger partial charge in [-0.25, -0.2) is 4.98 Å². The Hall–Kier alpha value is -1.26. The van der Waals surface area contributed by atoms with E-state index in [1.54, 1.807) is 11.3 Å². The largest absolute Gasteiger partial charge is 0.314 e. The molecule has 1 saturated carbocycles. The summed E-state index contributed by atoms with van der Waals surface area (Å²) in [6.07, 6.45) is 13.0. The Labute approximate surface area is 130 Å². The molecular weight excluding hydrogens is 278 g/mol. The standard InChI is InChI=1S/C17H23N3S/c1-2-4-6-15(5-3-1)19-12-9-17-20-16(13-21-17)14-7-10-18-11-8-14/h7-8,10-11,13,15,19H,1-6,9,12H2. The Morgan fingerprint density at radius 3 is 2.62 bits per heavy atom. The van der Waals surface area contributed by atoms with Gasteiger partial charge in [-0.3, -0.25) is 4.98 Å². The molecule has 1 aliphatic carbocycles. The zero-order valence-electron chi connectivity index (χ0n) is 12.4. The van der Waals surface area contributed by atoms with E-state index < -0.39 is 0 Å². The molecule has 2 aromatic heterocycles. The lowest BCUT2D eigenvalue weighted by Crippen LogP contribution is -2.30. The maximum Gasteiger partial charge on any atom is 0.0945 e. The first-order chi connectivity index (χ1) is 10.4. The van der Waals surface area contributed by atoms with Crippen LogP contribution in [0.3, 0.4) is 0 Å². The molecule has 0 aliphatic heterocycles. The number of thiazole rings is 1. The third-order valence-electron chi connectivity index (χ3n) is 4.15. The third kappa shape index (κ3) is 4.35. The second kappa shape index (κ2) is 7.66. The summed E-state index contributed by atoms with van der Waals surface area (Å²) < 4.78 is 0. The van der Waals surface area contributed by atoms with E-state index in [0.29, 0.717) is 0 Å². The van der Waals surface area contributed by atoms with Crippen molar-refractivity contribution in [3.05, 3.63) is 34.9 Å². The normalized spacial score (nSPS) is 16.8. The molecule has 1 N–H and O–H groups in total. The lowest BCUT2D eigenvalue weighted by atomic mass is 10.1. The summed E-state index contributed by atoms with van der Waals surface area (Å²) in [5, 5.41) is 7.09. The van der Waals surface area contributed by atoms with Crippen LogP contribution in [0.2, 0.25) is 0 Å². The highest BCUT2D eigenvalue weighted by Crippen LogP contribution is 2.21. The van der Waals surface area contributed by atoms with Gasteiger partial charge in [0.2, 0.25) is 0 Å². The quantitative estimate of drug-likeness (QED) is 0.846. The first-order valence-electron chi connectivity index (χ1n) is 8.00. The second-order valence-corrected chi connectivity index (χ2v) is 6.70. The van der Waals surface area contributed by atoms with Crippen LogP contribution in [0, 0.1) is 0 Å². The molecule has 0 radical (unpaired) electrons. The van der Waals surface area contributed by atoms with E-state index >= 15 is 0 Å². The molecule has 3 rings (SSSR count). The molecule has 0 saturated heterocycles. The van der Waals surface area contributed by atoms with Crippen molar-refractivity contribution in [2.24, 2.45) is 0 Å². The molecular formula is C17H23N3S. The first kappa shape index (κ1) is 14.7. The van der Waals surface area contributed by atoms with E-state index in [1.807, 2.05) is 24.5 Å². The minimum absolute atomic E-state index is 0.729. The van der Waals surface area contributed by atoms with Gasteiger partial charge < -0.3 is 5.32 Å². The summed E-state index contributed by atoms with van der Waals surface area (Å²) in [6, 6.07) is 4.76. The fourth-order valence-electron chi connectivity index (χ4n) is 2.95. The maximum atomic E-state index is 4.73. The second-order valence-electron chi connectivity index (χ2n) is 5.75. The molecule has 0 bridgehead atoms. The van der Waals surface area contributed by atoms with Crippen LogP contribution in [-0.2, 0) is 6.42 Å². The van der Waals surface area contributed by atoms with Crippen LogP contribution in [-0.4, -0.2) is 22.6 Å². The smallest absolute Gasteiger partial charge is 0.0945 e. The van der Waals surface area contributed by atoms with Crippen molar-refractivity contribution in [2.75, 3.05) is 6.54 Å². The van der Waals surface area contributed by atoms with Crippen molar-refractivity contribution >= 4 is 11.3 Å². The van der Waals surface area contributed by atoms with Crippen molar-refractivity contribution < 1.29 is 0 Å². The van der Waals surface area contributed by atoms with Crippen molar-refractivity contribution in [3.63, 3.8) is 0 Å². The lowest BCUT2D eigenvalue weighted by molar-refractivity contribution is 0.463. The summed E-state index contributed by atoms with van der Waals surface area (Å²) in [5.41, 5.74) is 2.23. The van der Waals surface area contributed by atoms with E-state index in [2.05, 4.69) is 15.7 Å². The minimum Gasteiger partial charge on any atom is -0.314 e. The fraction of sp³-hybridized carbons (Fsp3) is 0.529. The van der Waals surface area contributed by atoms with Gasteiger partial charge in [-0.05, 0) is 25.0 Å². The van der Waals surface area contributed by atoms with Crippen LogP contribution in [0.1, 0.15) is 43.5 Å². The number of hydrogen-bond acceptors (Lipinski definition) is 4. The van der Waals surface area contributed by atoms with Crippen molar-refractivity contribution in [3.8, 4) is 11.3 Å². The predicted molar refractivity (Wildman–Crippen MR) is 88.5 cm³/mol. The van der Waals surface area contributed by atoms with Gasteiger partial charge in [0.05, 0.1) is 10.7 Å². The summed E-state index contributed by atoms with van der Waals surface area (Å²) in [6.45, 7) is 1.05. The monoisotopic (exact) mass is 301 g/mol. The lowest BCUT2D eigenvalue weighted by Gasteiger charge is -2.15. The molecule has 21 heavy (non-hydrogen) atoms. The van der Waals surface area contributed by atoms with Crippen molar-refractivity contribution in [1.82, 2.24) is 15.3 Å². The molecule has 1 fully saturated rings. The average Bonchev–Trinajstić information content (AvgIpc) is 2.84. The molecule has 0 amide bonds. The van der Waals surface area contributed by atoms with Gasteiger partial charge in [-0.2, -0.15) is 0 Å². The van der Waals surface area contributed by atoms with E-state index in [-0.39, 0.29) is 0 Å². The fourth-order valence-corrected chi connectivity index (χ4v) is 3.76. The van der Waals surface area contributed by atoms with Gasteiger partial charge in [-0.15, -0.1) is 11.3 Å². The number of pyridine rings is 1. The van der Waals surface area contributed by atoms with Crippen LogP contribution in [0.15, 0.2) is 29.9 Å². The van der Waals surface area contributed by atoms with Crippen LogP contribution in [0.5, 0.6) is 0 Å². The summed E-state index contributed by atoms with van der Waals surface area (Å²) in [5.74, 6) is 0. The molecule has 0 spiro atoms. The van der Waals surface area contributed by atoms with E-state index in [4.69, 9.17) is 4.98 Å². The molecule has 0 unspecified atom stereocenters. The SMILES string of the molecule is c1cc(-c2csc(CCNC3CCCCCC3)n2)ccn1. The van der Waals surface area contributed by atoms with Gasteiger partial charge in [-0.1, -0.05) is 25.7 Å². The minimum atomic E-state index is 0.729. The maximum absolute atomic E-state index is 4.73. The topological polar surface area (TPSA) is 37.8 Å². The first-order valence-corrected chi connectivity index (χ1v) is 8.88. The predicted octanol–water partition coefficient (Wildman–Crippen LogP) is 4.06. The van der Waals surface area contributed by atoms with Crippen LogP contribution in [0.25, 0.3) is 11.3 Å². The highest BCUT2D eigenvalue weighted by Gasteiger charge is 2.11. The highest BCUT2D eigenvalue weighted by molar-refractivity contribution is 7.09. The van der Waals surface area contributed by atoms with Crippen LogP contribution < -0.4 is 5.32 Å². The van der Waals surface area contributed by atoms with Gasteiger partial charge in [0.15, 0.2) is 0 Å². The van der Waals surface area contributed by atoms with Crippen molar-refractivity contribution in [2.45, 2.75) is 51.0 Å². The third-order valence-corrected chi connectivity index (χ3v) is 5.06. The van der Waals surface area contributed by atoms with E-state index in [9.17, 15) is 0 Å². The Morgan fingerprint density at radius 2 is 1.86 bits per heavy atom. The van der Waals surface area contributed by atoms with Gasteiger partial charge in [0.1, 0.15) is 0 Å². The molecule has 2 aromatic rings. The zero-order chi connectivity index (χ0) is 14.3. The molecule has 0 atom stereocenters. The molecule has 3 nitrogen and oxygen atoms in total. The highest BCUT2D eigenvalue weighted by atomic mass is 32.1. The number of nitrogens with zero attached hydrogens (tertiary/aromatic N) is 2. The summed E-state index contributed by atoms with van der Waals surface area (Å²) in [4.78, 5) is 8.78. The van der Waals surface area contributed by atoms with Crippen LogP contribution in [0.4, 0.5) is 0 Å². The van der Waals surface area contributed by atoms with Gasteiger partial charge in [0.25, 0.3) is 0 Å². The number of nitrogens with one attached hydrogen (secondary N) is 1. The Morgan fingerprint density at radius 1 is 1.10 bits per heavy atom. The molecule has 2 heterocycles. The van der Waals surface area contributed by atoms with Gasteiger partial charge >= 0.3 is 0 Å². The average molecular weight is 301 g/mol. The van der Waals surface area contributed by atoms with Crippen molar-refractivity contribution in [1.29, 1.82) is 0 Å². The Kier molecular flexibility index (Phi) is 5.35.